The molecule has 2 aromatic rings. The minimum absolute atomic E-state index is 0. The quantitative estimate of drug-likeness (QED) is 0.269. The lowest BCUT2D eigenvalue weighted by Crippen LogP contribution is -2.44. The summed E-state index contributed by atoms with van der Waals surface area (Å²) in [6, 6.07) is 14.1. The Balaban J connectivity index is 0.00000385. The molecule has 1 amide bonds. The Morgan fingerprint density at radius 1 is 1.06 bits per heavy atom. The number of nitrogens with two attached hydrogens (primary N) is 1. The van der Waals surface area contributed by atoms with Crippen LogP contribution in [0.25, 0.3) is 0 Å². The van der Waals surface area contributed by atoms with Gasteiger partial charge in [-0.05, 0) is 37.5 Å². The molecule has 0 bridgehead atoms. The molecular weight excluding hydrogens is 523 g/mol. The summed E-state index contributed by atoms with van der Waals surface area (Å²) in [7, 11) is 0. The first-order valence-corrected chi connectivity index (χ1v) is 10.2. The highest BCUT2D eigenvalue weighted by Gasteiger charge is 2.33. The second-order valence-electron chi connectivity index (χ2n) is 7.16. The van der Waals surface area contributed by atoms with Crippen LogP contribution < -0.4 is 27.1 Å². The Hall–Kier alpha value is -2.67. The highest BCUT2D eigenvalue weighted by Crippen LogP contribution is 2.26. The molecule has 1 unspecified atom stereocenters. The molecule has 5 N–H and O–H groups in total. The molecule has 0 saturated carbocycles. The average Bonchev–Trinajstić information content (AvgIpc) is 3.32. The number of carbonyl (C=O) groups excluding carboxylic acids is 3. The minimum atomic E-state index is -0.722. The Kier molecular flexibility index (Phi) is 14.9. The van der Waals surface area contributed by atoms with E-state index in [1.165, 1.54) is 0 Å². The molecule has 1 aromatic carbocycles. The zero-order chi connectivity index (χ0) is 22.9. The predicted octanol–water partition coefficient (Wildman–Crippen LogP) is 2.03. The predicted molar refractivity (Wildman–Crippen MR) is 137 cm³/mol. The van der Waals surface area contributed by atoms with E-state index in [-0.39, 0.29) is 55.6 Å². The zero-order valence-electron chi connectivity index (χ0n) is 18.8. The molecule has 1 aromatic heterocycles. The van der Waals surface area contributed by atoms with E-state index in [4.69, 9.17) is 10.6 Å². The van der Waals surface area contributed by atoms with Gasteiger partial charge in [-0.3, -0.25) is 4.79 Å². The number of benzene rings is 1. The van der Waals surface area contributed by atoms with Crippen LogP contribution in [0.15, 0.2) is 48.5 Å². The number of nitrogens with zero attached hydrogens (tertiary/aromatic N) is 2. The molecule has 0 radical (unpaired) electrons. The molecule has 0 spiro atoms. The third-order valence-corrected chi connectivity index (χ3v) is 5.02. The van der Waals surface area contributed by atoms with E-state index in [0.717, 1.165) is 12.0 Å². The normalized spacial score (nSPS) is 14.9. The van der Waals surface area contributed by atoms with Crippen molar-refractivity contribution in [2.45, 2.75) is 31.7 Å². The van der Waals surface area contributed by atoms with Crippen LogP contribution in [0.3, 0.4) is 0 Å². The number of hydrazine groups is 1. The van der Waals surface area contributed by atoms with Crippen LogP contribution in [0.2, 0.25) is 0 Å². The van der Waals surface area contributed by atoms with Gasteiger partial charge in [-0.25, -0.2) is 14.6 Å². The molecular formula is C21H29Cl3N6O5. The number of rotatable bonds is 9. The molecule has 35 heavy (non-hydrogen) atoms. The lowest BCUT2D eigenvalue weighted by molar-refractivity contribution is -0.177. The van der Waals surface area contributed by atoms with Crippen LogP contribution in [-0.4, -0.2) is 42.0 Å². The Morgan fingerprint density at radius 2 is 1.74 bits per heavy atom. The van der Waals surface area contributed by atoms with E-state index in [9.17, 15) is 14.4 Å². The molecule has 1 fully saturated rings. The molecule has 2 heterocycles. The van der Waals surface area contributed by atoms with Crippen LogP contribution in [-0.2, 0) is 24.1 Å². The van der Waals surface area contributed by atoms with Gasteiger partial charge in [0.15, 0.2) is 0 Å². The molecule has 194 valence electrons. The van der Waals surface area contributed by atoms with E-state index in [1.54, 1.807) is 23.1 Å². The summed E-state index contributed by atoms with van der Waals surface area (Å²) < 4.78 is 0. The molecule has 14 heteroatoms. The third-order valence-electron chi connectivity index (χ3n) is 5.02. The Labute approximate surface area is 221 Å². The van der Waals surface area contributed by atoms with Gasteiger partial charge in [-0.1, -0.05) is 47.6 Å². The van der Waals surface area contributed by atoms with Crippen molar-refractivity contribution in [3.8, 4) is 0 Å². The zero-order valence-corrected chi connectivity index (χ0v) is 21.3. The average molecular weight is 552 g/mol. The molecule has 1 saturated heterocycles. The maximum atomic E-state index is 12.6. The Bertz CT molecular complexity index is 956. The van der Waals surface area contributed by atoms with Gasteiger partial charge in [0.1, 0.15) is 17.7 Å². The minimum Gasteiger partial charge on any atom is -0.352 e. The number of hydrogen-bond acceptors (Lipinski definition) is 10. The van der Waals surface area contributed by atoms with Gasteiger partial charge in [0.2, 0.25) is 5.91 Å². The fourth-order valence-electron chi connectivity index (χ4n) is 3.32. The van der Waals surface area contributed by atoms with Crippen molar-refractivity contribution in [2.75, 3.05) is 23.3 Å². The monoisotopic (exact) mass is 550 g/mol. The fourth-order valence-corrected chi connectivity index (χ4v) is 3.32. The Morgan fingerprint density at radius 3 is 2.43 bits per heavy atom. The van der Waals surface area contributed by atoms with E-state index < -0.39 is 18.0 Å². The number of nitrogens with one attached hydrogen (secondary N) is 3. The molecule has 1 aliphatic rings. The summed E-state index contributed by atoms with van der Waals surface area (Å²) in [5, 5.41) is 2.83. The number of anilines is 2. The van der Waals surface area contributed by atoms with Crippen LogP contribution >= 0.6 is 37.2 Å². The van der Waals surface area contributed by atoms with Gasteiger partial charge in [-0.15, -0.1) is 37.2 Å². The number of halogens is 3. The first kappa shape index (κ1) is 32.3. The highest BCUT2D eigenvalue weighted by molar-refractivity contribution is 5.95. The maximum absolute atomic E-state index is 12.6. The molecule has 1 aliphatic heterocycles. The maximum Gasteiger partial charge on any atom is 0.348 e. The lowest BCUT2D eigenvalue weighted by Gasteiger charge is -2.24. The summed E-state index contributed by atoms with van der Waals surface area (Å²) in [5.41, 5.74) is 10.1. The second kappa shape index (κ2) is 16.1. The van der Waals surface area contributed by atoms with Gasteiger partial charge in [0.05, 0.1) is 12.5 Å². The summed E-state index contributed by atoms with van der Waals surface area (Å²) in [4.78, 5) is 51.6. The van der Waals surface area contributed by atoms with Gasteiger partial charge >= 0.3 is 11.9 Å². The van der Waals surface area contributed by atoms with Crippen molar-refractivity contribution in [1.82, 2.24) is 16.2 Å². The van der Waals surface area contributed by atoms with Gasteiger partial charge in [0, 0.05) is 6.54 Å². The highest BCUT2D eigenvalue weighted by atomic mass is 35.5. The van der Waals surface area contributed by atoms with Crippen LogP contribution in [0, 0.1) is 0 Å². The van der Waals surface area contributed by atoms with Crippen molar-refractivity contribution >= 4 is 66.7 Å². The first-order valence-electron chi connectivity index (χ1n) is 10.2. The standard InChI is InChI=1S/C21H26N6O5.3ClH/c1-14(15-7-3-2-4-8-15)20(29)24-17-10-5-11-18(23-17)27-12-6-9-16(27)21(30)32-26-25-31-19(28)13-22;;;/h2-5,7-8,10-11,14,16,25-26H,6,9,12-13,22H2,1H3,(H,23,24,29);3*1H/t14?,16-;;;/m0.../s1. The van der Waals surface area contributed by atoms with E-state index in [1.807, 2.05) is 42.8 Å². The van der Waals surface area contributed by atoms with Gasteiger partial charge < -0.3 is 25.6 Å². The van der Waals surface area contributed by atoms with E-state index in [0.29, 0.717) is 24.6 Å². The van der Waals surface area contributed by atoms with Crippen molar-refractivity contribution < 1.29 is 24.1 Å². The van der Waals surface area contributed by atoms with E-state index >= 15 is 0 Å². The third kappa shape index (κ3) is 9.13. The van der Waals surface area contributed by atoms with Crippen molar-refractivity contribution in [3.63, 3.8) is 0 Å². The summed E-state index contributed by atoms with van der Waals surface area (Å²) >= 11 is 0. The molecule has 0 aliphatic carbocycles. The SMILES string of the molecule is CC(C(=O)Nc1cccc(N2CCC[C@H]2C(=O)ONNOC(=O)CN)n1)c1ccccc1.Cl.Cl.Cl. The number of pyridine rings is 1. The second-order valence-corrected chi connectivity index (χ2v) is 7.16. The van der Waals surface area contributed by atoms with Gasteiger partial charge in [0.25, 0.3) is 0 Å². The molecule has 11 nitrogen and oxygen atoms in total. The molecule has 2 atom stereocenters. The van der Waals surface area contributed by atoms with Crippen molar-refractivity contribution in [2.24, 2.45) is 5.73 Å². The van der Waals surface area contributed by atoms with Gasteiger partial charge in [-0.2, -0.15) is 0 Å². The van der Waals surface area contributed by atoms with Crippen LogP contribution in [0.4, 0.5) is 11.6 Å². The number of amides is 1. The van der Waals surface area contributed by atoms with Crippen LogP contribution in [0.5, 0.6) is 0 Å². The lowest BCUT2D eigenvalue weighted by atomic mass is 10.0. The van der Waals surface area contributed by atoms with E-state index in [2.05, 4.69) is 20.7 Å². The number of hydrogen-bond donors (Lipinski definition) is 4. The number of carbonyl (C=O) groups is 3. The number of aromatic nitrogens is 1. The summed E-state index contributed by atoms with van der Waals surface area (Å²) in [6.07, 6.45) is 1.32. The first-order chi connectivity index (χ1) is 15.5. The molecule has 3 rings (SSSR count). The summed E-state index contributed by atoms with van der Waals surface area (Å²) in [5.74, 6) is -0.892. The summed E-state index contributed by atoms with van der Waals surface area (Å²) in [6.45, 7) is 2.11. The smallest absolute Gasteiger partial charge is 0.348 e. The van der Waals surface area contributed by atoms with Crippen molar-refractivity contribution in [3.05, 3.63) is 54.1 Å². The van der Waals surface area contributed by atoms with Crippen molar-refractivity contribution in [1.29, 1.82) is 0 Å². The fraction of sp³-hybridized carbons (Fsp3) is 0.333. The van der Waals surface area contributed by atoms with Crippen LogP contribution in [0.1, 0.15) is 31.2 Å². The topological polar surface area (TPSA) is 148 Å². The largest absolute Gasteiger partial charge is 0.352 e.